The molecule has 0 spiro atoms. The first kappa shape index (κ1) is 17.8. The highest BCUT2D eigenvalue weighted by atomic mass is 32.1. The molecule has 0 bridgehead atoms. The highest BCUT2D eigenvalue weighted by Gasteiger charge is 2.24. The van der Waals surface area contributed by atoms with Crippen molar-refractivity contribution in [1.82, 2.24) is 15.2 Å². The van der Waals surface area contributed by atoms with Crippen LogP contribution in [-0.2, 0) is 4.74 Å². The third-order valence-corrected chi connectivity index (χ3v) is 4.98. The van der Waals surface area contributed by atoms with E-state index in [9.17, 15) is 9.59 Å². The van der Waals surface area contributed by atoms with Crippen LogP contribution in [0, 0.1) is 0 Å². The molecule has 0 radical (unpaired) electrons. The van der Waals surface area contributed by atoms with Gasteiger partial charge in [-0.05, 0) is 30.2 Å². The number of primary amides is 1. The smallest absolute Gasteiger partial charge is 0.405 e. The zero-order valence-corrected chi connectivity index (χ0v) is 15.5. The van der Waals surface area contributed by atoms with Crippen LogP contribution in [0.15, 0.2) is 52.9 Å². The van der Waals surface area contributed by atoms with Gasteiger partial charge < -0.3 is 14.9 Å². The van der Waals surface area contributed by atoms with Gasteiger partial charge in [0, 0.05) is 0 Å². The Hall–Kier alpha value is -3.59. The molecule has 0 unspecified atom stereocenters. The number of carbonyl (C=O) groups excluding carboxylic acids is 2. The van der Waals surface area contributed by atoms with Gasteiger partial charge in [-0.15, -0.1) is 21.5 Å². The van der Waals surface area contributed by atoms with E-state index in [4.69, 9.17) is 14.9 Å². The zero-order chi connectivity index (χ0) is 19.7. The lowest BCUT2D eigenvalue weighted by molar-refractivity contribution is 0.0944. The second kappa shape index (κ2) is 7.20. The van der Waals surface area contributed by atoms with Gasteiger partial charge in [0.15, 0.2) is 11.1 Å². The number of carbonyl (C=O) groups is 2. The van der Waals surface area contributed by atoms with E-state index in [1.165, 1.54) is 18.3 Å². The lowest BCUT2D eigenvalue weighted by Crippen LogP contribution is -2.15. The molecule has 0 aliphatic heterocycles. The third kappa shape index (κ3) is 3.47. The summed E-state index contributed by atoms with van der Waals surface area (Å²) in [7, 11) is 0. The van der Waals surface area contributed by atoms with Crippen LogP contribution in [-0.4, -0.2) is 27.1 Å². The van der Waals surface area contributed by atoms with Gasteiger partial charge in [0.2, 0.25) is 0 Å². The Morgan fingerprint density at radius 3 is 2.64 bits per heavy atom. The van der Waals surface area contributed by atoms with Crippen LogP contribution in [0.4, 0.5) is 4.79 Å². The van der Waals surface area contributed by atoms with Crippen molar-refractivity contribution in [1.29, 1.82) is 0 Å². The number of rotatable bonds is 5. The van der Waals surface area contributed by atoms with Crippen molar-refractivity contribution in [2.45, 2.75) is 13.0 Å². The molecule has 9 heteroatoms. The Kier molecular flexibility index (Phi) is 4.58. The standard InChI is InChI=1S/C19H14N4O4S/c1-10(26-19(20)25)16-22-23-17(27-16)15(24)18-21-13-8-7-12(9-14(13)28-18)11-5-3-2-4-6-11/h2-10H,1H3,(H2,20,25)/t10-/m0/s1. The lowest BCUT2D eigenvalue weighted by Gasteiger charge is -2.04. The summed E-state index contributed by atoms with van der Waals surface area (Å²) >= 11 is 1.24. The molecule has 0 fully saturated rings. The fourth-order valence-corrected chi connectivity index (χ4v) is 3.58. The highest BCUT2D eigenvalue weighted by molar-refractivity contribution is 7.20. The maximum atomic E-state index is 12.6. The van der Waals surface area contributed by atoms with Gasteiger partial charge in [-0.1, -0.05) is 36.4 Å². The number of thiazole rings is 1. The Balaban J connectivity index is 1.61. The first-order valence-corrected chi connectivity index (χ1v) is 9.13. The van der Waals surface area contributed by atoms with E-state index >= 15 is 0 Å². The molecule has 1 amide bonds. The first-order valence-electron chi connectivity index (χ1n) is 8.31. The number of fused-ring (bicyclic) bond motifs is 1. The molecule has 0 saturated heterocycles. The summed E-state index contributed by atoms with van der Waals surface area (Å²) < 4.78 is 10.9. The van der Waals surface area contributed by atoms with Crippen molar-refractivity contribution in [3.63, 3.8) is 0 Å². The van der Waals surface area contributed by atoms with Crippen molar-refractivity contribution in [3.05, 3.63) is 65.3 Å². The van der Waals surface area contributed by atoms with Crippen molar-refractivity contribution in [2.75, 3.05) is 0 Å². The number of hydrogen-bond acceptors (Lipinski definition) is 8. The second-order valence-corrected chi connectivity index (χ2v) is 6.95. The Morgan fingerprint density at radius 1 is 1.11 bits per heavy atom. The van der Waals surface area contributed by atoms with E-state index < -0.39 is 18.0 Å². The number of nitrogens with zero attached hydrogens (tertiary/aromatic N) is 3. The molecule has 4 rings (SSSR count). The van der Waals surface area contributed by atoms with Gasteiger partial charge in [0.25, 0.3) is 17.6 Å². The Labute approximate surface area is 163 Å². The summed E-state index contributed by atoms with van der Waals surface area (Å²) in [5, 5.41) is 7.69. The average molecular weight is 394 g/mol. The van der Waals surface area contributed by atoms with Crippen LogP contribution in [0.3, 0.4) is 0 Å². The number of benzene rings is 2. The predicted molar refractivity (Wildman–Crippen MR) is 102 cm³/mol. The van der Waals surface area contributed by atoms with Crippen molar-refractivity contribution < 1.29 is 18.7 Å². The molecule has 140 valence electrons. The second-order valence-electron chi connectivity index (χ2n) is 5.92. The number of hydrogen-bond donors (Lipinski definition) is 1. The maximum Gasteiger partial charge on any atom is 0.405 e. The molecule has 28 heavy (non-hydrogen) atoms. The highest BCUT2D eigenvalue weighted by Crippen LogP contribution is 2.29. The molecule has 2 aromatic carbocycles. The molecule has 2 heterocycles. The number of aromatic nitrogens is 3. The monoisotopic (exact) mass is 394 g/mol. The Morgan fingerprint density at radius 2 is 1.89 bits per heavy atom. The fourth-order valence-electron chi connectivity index (χ4n) is 2.64. The van der Waals surface area contributed by atoms with Crippen LogP contribution >= 0.6 is 11.3 Å². The van der Waals surface area contributed by atoms with Gasteiger partial charge in [0.1, 0.15) is 0 Å². The molecule has 2 aromatic heterocycles. The summed E-state index contributed by atoms with van der Waals surface area (Å²) in [6.45, 7) is 1.51. The van der Waals surface area contributed by atoms with Crippen LogP contribution in [0.5, 0.6) is 0 Å². The number of amides is 1. The summed E-state index contributed by atoms with van der Waals surface area (Å²) in [4.78, 5) is 27.8. The van der Waals surface area contributed by atoms with Gasteiger partial charge in [-0.25, -0.2) is 9.78 Å². The quantitative estimate of drug-likeness (QED) is 0.512. The topological polar surface area (TPSA) is 121 Å². The van der Waals surface area contributed by atoms with E-state index in [0.717, 1.165) is 15.8 Å². The average Bonchev–Trinajstić information content (AvgIpc) is 3.34. The van der Waals surface area contributed by atoms with E-state index in [1.807, 2.05) is 48.5 Å². The largest absolute Gasteiger partial charge is 0.437 e. The SMILES string of the molecule is C[C@H](OC(N)=O)c1nnc(C(=O)c2nc3ccc(-c4ccccc4)cc3s2)o1. The summed E-state index contributed by atoms with van der Waals surface area (Å²) in [5.74, 6) is -0.737. The molecule has 2 N–H and O–H groups in total. The molecular weight excluding hydrogens is 380 g/mol. The summed E-state index contributed by atoms with van der Waals surface area (Å²) in [5.41, 5.74) is 7.78. The molecule has 4 aromatic rings. The minimum atomic E-state index is -0.973. The molecule has 0 aliphatic rings. The minimum absolute atomic E-state index is 0.0189. The van der Waals surface area contributed by atoms with Crippen LogP contribution in [0.25, 0.3) is 21.3 Å². The Bertz CT molecular complexity index is 1170. The van der Waals surface area contributed by atoms with E-state index in [0.29, 0.717) is 5.52 Å². The fraction of sp³-hybridized carbons (Fsp3) is 0.105. The first-order chi connectivity index (χ1) is 13.5. The molecular formula is C19H14N4O4S. The molecule has 0 saturated carbocycles. The van der Waals surface area contributed by atoms with Crippen molar-refractivity contribution in [3.8, 4) is 11.1 Å². The van der Waals surface area contributed by atoms with E-state index in [1.54, 1.807) is 0 Å². The van der Waals surface area contributed by atoms with Gasteiger partial charge in [-0.2, -0.15) is 0 Å². The lowest BCUT2D eigenvalue weighted by atomic mass is 10.1. The van der Waals surface area contributed by atoms with Crippen molar-refractivity contribution >= 4 is 33.4 Å². The van der Waals surface area contributed by atoms with Crippen LogP contribution in [0.1, 0.15) is 34.6 Å². The summed E-state index contributed by atoms with van der Waals surface area (Å²) in [6, 6.07) is 15.7. The minimum Gasteiger partial charge on any atom is -0.437 e. The number of ether oxygens (including phenoxy) is 1. The number of ketones is 1. The normalized spacial score (nSPS) is 12.0. The van der Waals surface area contributed by atoms with Gasteiger partial charge in [-0.3, -0.25) is 4.79 Å². The number of nitrogens with two attached hydrogens (primary N) is 1. The molecule has 1 atom stereocenters. The zero-order valence-electron chi connectivity index (χ0n) is 14.7. The van der Waals surface area contributed by atoms with E-state index in [2.05, 4.69) is 15.2 Å². The molecule has 0 aliphatic carbocycles. The molecule has 8 nitrogen and oxygen atoms in total. The van der Waals surface area contributed by atoms with Crippen LogP contribution in [0.2, 0.25) is 0 Å². The van der Waals surface area contributed by atoms with Gasteiger partial charge in [0.05, 0.1) is 10.2 Å². The van der Waals surface area contributed by atoms with Crippen LogP contribution < -0.4 is 5.73 Å². The van der Waals surface area contributed by atoms with Crippen molar-refractivity contribution in [2.24, 2.45) is 5.73 Å². The predicted octanol–water partition coefficient (Wildman–Crippen LogP) is 3.73. The van der Waals surface area contributed by atoms with E-state index in [-0.39, 0.29) is 16.8 Å². The third-order valence-electron chi connectivity index (χ3n) is 3.97. The van der Waals surface area contributed by atoms with Gasteiger partial charge >= 0.3 is 6.09 Å². The summed E-state index contributed by atoms with van der Waals surface area (Å²) in [6.07, 6.45) is -1.82. The maximum absolute atomic E-state index is 12.6.